The van der Waals surface area contributed by atoms with Gasteiger partial charge in [-0.2, -0.15) is 0 Å². The lowest BCUT2D eigenvalue weighted by Gasteiger charge is -2.33. The third-order valence-electron chi connectivity index (χ3n) is 4.50. The Kier molecular flexibility index (Phi) is 5.43. The van der Waals surface area contributed by atoms with Gasteiger partial charge in [-0.3, -0.25) is 9.10 Å². The van der Waals surface area contributed by atoms with E-state index in [-0.39, 0.29) is 28.8 Å². The molecule has 0 amide bonds. The second-order valence-electron chi connectivity index (χ2n) is 6.45. The van der Waals surface area contributed by atoms with Crippen LogP contribution in [0.1, 0.15) is 28.8 Å². The molecule has 2 aromatic rings. The summed E-state index contributed by atoms with van der Waals surface area (Å²) in [7, 11) is -3.58. The van der Waals surface area contributed by atoms with E-state index in [9.17, 15) is 17.6 Å². The number of carbonyl (C=O) groups is 1. The number of nitrogens with two attached hydrogens (primary N) is 1. The molecule has 3 N–H and O–H groups in total. The first-order valence-corrected chi connectivity index (χ1v) is 10.4. The fraction of sp³-hybridized carbons (Fsp3) is 0.333. The number of nitrogens with zero attached hydrogens (tertiary/aromatic N) is 2. The smallest absolute Gasteiger partial charge is 0.233 e. The molecule has 0 saturated carbocycles. The Morgan fingerprint density at radius 2 is 1.85 bits per heavy atom. The predicted octanol–water partition coefficient (Wildman–Crippen LogP) is 1.55. The fourth-order valence-electron chi connectivity index (χ4n) is 3.24. The van der Waals surface area contributed by atoms with Crippen LogP contribution in [0.15, 0.2) is 36.4 Å². The van der Waals surface area contributed by atoms with E-state index in [0.717, 1.165) is 6.26 Å². The monoisotopic (exact) mass is 392 g/mol. The highest BCUT2D eigenvalue weighted by Gasteiger charge is 2.30. The van der Waals surface area contributed by atoms with Crippen molar-refractivity contribution in [2.75, 3.05) is 29.4 Å². The zero-order valence-electron chi connectivity index (χ0n) is 14.9. The van der Waals surface area contributed by atoms with Crippen LogP contribution in [0.3, 0.4) is 0 Å². The van der Waals surface area contributed by atoms with Gasteiger partial charge in [0.05, 0.1) is 17.4 Å². The topological polar surface area (TPSA) is 105 Å². The molecule has 27 heavy (non-hydrogen) atoms. The van der Waals surface area contributed by atoms with Crippen molar-refractivity contribution in [3.63, 3.8) is 0 Å². The first kappa shape index (κ1) is 19.2. The number of piperidine rings is 1. The van der Waals surface area contributed by atoms with Crippen LogP contribution in [0.25, 0.3) is 0 Å². The molecule has 1 aromatic carbocycles. The lowest BCUT2D eigenvalue weighted by molar-refractivity contribution is 0.103. The Bertz CT molecular complexity index is 959. The minimum absolute atomic E-state index is 0.0302. The average molecular weight is 392 g/mol. The molecule has 144 valence electrons. The van der Waals surface area contributed by atoms with E-state index in [1.165, 1.54) is 34.6 Å². The van der Waals surface area contributed by atoms with Gasteiger partial charge in [0, 0.05) is 6.04 Å². The molecule has 3 rings (SSSR count). The summed E-state index contributed by atoms with van der Waals surface area (Å²) in [5, 5.41) is 3.18. The highest BCUT2D eigenvalue weighted by molar-refractivity contribution is 7.92. The van der Waals surface area contributed by atoms with Gasteiger partial charge in [0.25, 0.3) is 0 Å². The van der Waals surface area contributed by atoms with Gasteiger partial charge >= 0.3 is 0 Å². The molecule has 1 aliphatic rings. The van der Waals surface area contributed by atoms with Crippen LogP contribution in [0.4, 0.5) is 16.0 Å². The summed E-state index contributed by atoms with van der Waals surface area (Å²) in [5.41, 5.74) is 5.85. The summed E-state index contributed by atoms with van der Waals surface area (Å²) in [6, 6.07) is 8.19. The number of hydrogen-bond acceptors (Lipinski definition) is 6. The summed E-state index contributed by atoms with van der Waals surface area (Å²) in [4.78, 5) is 16.7. The number of carbonyl (C=O) groups excluding carboxylic acids is 1. The van der Waals surface area contributed by atoms with Gasteiger partial charge in [0.2, 0.25) is 10.0 Å². The highest BCUT2D eigenvalue weighted by atomic mass is 32.2. The maximum atomic E-state index is 13.9. The molecule has 1 aromatic heterocycles. The number of hydrogen-bond donors (Lipinski definition) is 2. The van der Waals surface area contributed by atoms with Gasteiger partial charge in [-0.15, -0.1) is 0 Å². The van der Waals surface area contributed by atoms with Gasteiger partial charge in [0.15, 0.2) is 5.78 Å². The second-order valence-corrected chi connectivity index (χ2v) is 8.31. The van der Waals surface area contributed by atoms with E-state index in [1.807, 2.05) is 0 Å². The minimum atomic E-state index is -3.58. The van der Waals surface area contributed by atoms with Crippen LogP contribution in [-0.2, 0) is 10.0 Å². The van der Waals surface area contributed by atoms with Crippen molar-refractivity contribution in [2.24, 2.45) is 0 Å². The third-order valence-corrected chi connectivity index (χ3v) is 5.70. The zero-order chi connectivity index (χ0) is 19.6. The van der Waals surface area contributed by atoms with Crippen LogP contribution < -0.4 is 15.4 Å². The van der Waals surface area contributed by atoms with Crippen LogP contribution in [0.5, 0.6) is 0 Å². The molecular formula is C18H21FN4O3S. The number of aromatic nitrogens is 1. The Morgan fingerprint density at radius 3 is 2.44 bits per heavy atom. The van der Waals surface area contributed by atoms with Gasteiger partial charge in [-0.05, 0) is 50.2 Å². The number of rotatable bonds is 5. The van der Waals surface area contributed by atoms with Crippen LogP contribution in [-0.4, -0.2) is 44.6 Å². The van der Waals surface area contributed by atoms with E-state index in [1.54, 1.807) is 6.07 Å². The first-order valence-electron chi connectivity index (χ1n) is 8.55. The lowest BCUT2D eigenvalue weighted by atomic mass is 10.0. The molecule has 0 aliphatic carbocycles. The predicted molar refractivity (Wildman–Crippen MR) is 102 cm³/mol. The number of nitrogen functional groups attached to an aromatic ring is 1. The number of pyridine rings is 1. The van der Waals surface area contributed by atoms with Crippen molar-refractivity contribution in [2.45, 2.75) is 18.9 Å². The summed E-state index contributed by atoms with van der Waals surface area (Å²) in [5.74, 6) is -1.23. The van der Waals surface area contributed by atoms with Gasteiger partial charge in [-0.1, -0.05) is 12.1 Å². The molecule has 2 heterocycles. The van der Waals surface area contributed by atoms with E-state index in [2.05, 4.69) is 10.3 Å². The summed E-state index contributed by atoms with van der Waals surface area (Å²) in [6.45, 7) is 1.41. The van der Waals surface area contributed by atoms with E-state index >= 15 is 0 Å². The van der Waals surface area contributed by atoms with Gasteiger partial charge < -0.3 is 11.1 Å². The van der Waals surface area contributed by atoms with Crippen molar-refractivity contribution >= 4 is 27.4 Å². The normalized spacial score (nSPS) is 15.5. The molecule has 1 fully saturated rings. The molecule has 1 aliphatic heterocycles. The number of sulfonamides is 1. The maximum absolute atomic E-state index is 13.9. The summed E-state index contributed by atoms with van der Waals surface area (Å²) >= 11 is 0. The molecule has 7 nitrogen and oxygen atoms in total. The van der Waals surface area contributed by atoms with Gasteiger partial charge in [0.1, 0.15) is 17.5 Å². The average Bonchev–Trinajstić information content (AvgIpc) is 2.61. The van der Waals surface area contributed by atoms with E-state index in [0.29, 0.717) is 25.9 Å². The quantitative estimate of drug-likeness (QED) is 0.748. The van der Waals surface area contributed by atoms with Crippen molar-refractivity contribution < 1.29 is 17.6 Å². The molecule has 0 spiro atoms. The van der Waals surface area contributed by atoms with E-state index < -0.39 is 21.6 Å². The molecule has 1 saturated heterocycles. The Labute approximate surface area is 157 Å². The van der Waals surface area contributed by atoms with Crippen molar-refractivity contribution in [3.8, 4) is 0 Å². The Balaban J connectivity index is 1.97. The largest absolute Gasteiger partial charge is 0.383 e. The molecule has 0 unspecified atom stereocenters. The van der Waals surface area contributed by atoms with Crippen molar-refractivity contribution in [3.05, 3.63) is 53.3 Å². The van der Waals surface area contributed by atoms with Crippen LogP contribution in [0, 0.1) is 5.82 Å². The number of ketones is 1. The van der Waals surface area contributed by atoms with E-state index in [4.69, 9.17) is 5.73 Å². The summed E-state index contributed by atoms with van der Waals surface area (Å²) < 4.78 is 39.8. The number of anilines is 2. The number of benzene rings is 1. The van der Waals surface area contributed by atoms with Crippen molar-refractivity contribution in [1.82, 2.24) is 10.3 Å². The Morgan fingerprint density at radius 1 is 1.19 bits per heavy atom. The van der Waals surface area contributed by atoms with Crippen LogP contribution in [0.2, 0.25) is 0 Å². The van der Waals surface area contributed by atoms with Crippen LogP contribution >= 0.6 is 0 Å². The fourth-order valence-corrected chi connectivity index (χ4v) is 4.43. The first-order chi connectivity index (χ1) is 12.8. The molecule has 0 atom stereocenters. The van der Waals surface area contributed by atoms with Crippen molar-refractivity contribution in [1.29, 1.82) is 0 Å². The SMILES string of the molecule is CS(=O)(=O)N(c1ccc(C(=O)c2ccccc2F)c(N)n1)C1CCNCC1. The standard InChI is InChI=1S/C18H21FN4O3S/c1-27(25,26)23(12-8-10-21-11-9-12)16-7-6-14(18(20)22-16)17(24)13-4-2-3-5-15(13)19/h2-7,12,21H,8-11H2,1H3,(H2,20,22). The third kappa shape index (κ3) is 4.09. The number of nitrogens with one attached hydrogen (secondary N) is 1. The van der Waals surface area contributed by atoms with Gasteiger partial charge in [-0.25, -0.2) is 17.8 Å². The highest BCUT2D eigenvalue weighted by Crippen LogP contribution is 2.26. The Hall–Kier alpha value is -2.52. The zero-order valence-corrected chi connectivity index (χ0v) is 15.7. The molecule has 9 heteroatoms. The molecule has 0 radical (unpaired) electrons. The summed E-state index contributed by atoms with van der Waals surface area (Å²) in [6.07, 6.45) is 2.40. The minimum Gasteiger partial charge on any atom is -0.383 e. The lowest BCUT2D eigenvalue weighted by Crippen LogP contribution is -2.46. The molecule has 0 bridgehead atoms. The maximum Gasteiger partial charge on any atom is 0.233 e. The number of halogens is 1. The second kappa shape index (κ2) is 7.61. The molecular weight excluding hydrogens is 371 g/mol.